The maximum absolute atomic E-state index is 12.4. The molecule has 0 heterocycles. The molecule has 0 saturated carbocycles. The van der Waals surface area contributed by atoms with Crippen molar-refractivity contribution < 1.29 is 31.4 Å². The summed E-state index contributed by atoms with van der Waals surface area (Å²) in [4.78, 5) is 27.3. The Kier molecular flexibility index (Phi) is 10.2. The number of nitrogens with zero attached hydrogens (tertiary/aromatic N) is 3. The molecule has 0 aromatic rings. The Hall–Kier alpha value is -1.66. The van der Waals surface area contributed by atoms with Crippen LogP contribution >= 0.6 is 0 Å². The predicted octanol–water partition coefficient (Wildman–Crippen LogP) is 3.72. The van der Waals surface area contributed by atoms with Gasteiger partial charge in [0, 0.05) is 10.8 Å². The molecule has 0 unspecified atom stereocenters. The van der Waals surface area contributed by atoms with Crippen LogP contribution in [0.5, 0.6) is 0 Å². The van der Waals surface area contributed by atoms with Gasteiger partial charge in [-0.2, -0.15) is 8.42 Å². The molecule has 0 rings (SSSR count). The number of nitrogens with one attached hydrogen (secondary N) is 1. The summed E-state index contributed by atoms with van der Waals surface area (Å²) in [5.41, 5.74) is 7.85. The second kappa shape index (κ2) is 10.8. The first kappa shape index (κ1) is 29.3. The van der Waals surface area contributed by atoms with E-state index >= 15 is 0 Å². The Balaban J connectivity index is 6.21. The fourth-order valence-electron chi connectivity index (χ4n) is 2.20. The highest BCUT2D eigenvalue weighted by Gasteiger charge is 2.44. The third kappa shape index (κ3) is 11.0. The lowest BCUT2D eigenvalue weighted by molar-refractivity contribution is -0.125. The largest absolute Gasteiger partial charge is 0.444 e. The molecule has 0 aliphatic carbocycles. The summed E-state index contributed by atoms with van der Waals surface area (Å²) in [6.07, 6.45) is -0.995. The molecule has 0 saturated heterocycles. The molecule has 0 aliphatic heterocycles. The second-order valence-corrected chi connectivity index (χ2v) is 16.3. The van der Waals surface area contributed by atoms with Crippen molar-refractivity contribution >= 4 is 30.4 Å². The molecule has 3 atom stereocenters. The first-order chi connectivity index (χ1) is 13.7. The van der Waals surface area contributed by atoms with Gasteiger partial charge in [-0.3, -0.25) is 8.98 Å². The Morgan fingerprint density at radius 3 is 2.06 bits per heavy atom. The van der Waals surface area contributed by atoms with E-state index in [4.69, 9.17) is 18.9 Å². The van der Waals surface area contributed by atoms with E-state index in [1.165, 1.54) is 6.92 Å². The van der Waals surface area contributed by atoms with Gasteiger partial charge in [-0.05, 0) is 49.5 Å². The monoisotopic (exact) mass is 480 g/mol. The molecule has 0 aliphatic rings. The van der Waals surface area contributed by atoms with Gasteiger partial charge < -0.3 is 14.5 Å². The van der Waals surface area contributed by atoms with E-state index < -0.39 is 60.7 Å². The van der Waals surface area contributed by atoms with Gasteiger partial charge in [0.2, 0.25) is 5.91 Å². The molecule has 180 valence electrons. The highest BCUT2D eigenvalue weighted by Crippen LogP contribution is 2.38. The van der Waals surface area contributed by atoms with Crippen molar-refractivity contribution in [3.8, 4) is 0 Å². The van der Waals surface area contributed by atoms with E-state index in [0.29, 0.717) is 0 Å². The van der Waals surface area contributed by atoms with Crippen molar-refractivity contribution in [2.45, 2.75) is 84.3 Å². The Morgan fingerprint density at radius 2 is 1.68 bits per heavy atom. The number of carbonyl (C=O) groups excluding carboxylic acids is 2. The smallest absolute Gasteiger partial charge is 0.408 e. The van der Waals surface area contributed by atoms with E-state index in [2.05, 4.69) is 15.3 Å². The van der Waals surface area contributed by atoms with Crippen LogP contribution in [0.4, 0.5) is 4.79 Å². The van der Waals surface area contributed by atoms with Crippen molar-refractivity contribution in [2.24, 2.45) is 11.0 Å². The maximum Gasteiger partial charge on any atom is 0.408 e. The Labute approximate surface area is 186 Å². The molecule has 0 spiro atoms. The molecule has 2 amide bonds. The normalized spacial score (nSPS) is 15.9. The number of azide groups is 1. The molecule has 0 aromatic heterocycles. The van der Waals surface area contributed by atoms with Crippen molar-refractivity contribution in [1.82, 2.24) is 5.32 Å². The maximum atomic E-state index is 12.4. The first-order valence-electron chi connectivity index (χ1n) is 9.81. The molecule has 13 heteroatoms. The predicted molar refractivity (Wildman–Crippen MR) is 119 cm³/mol. The van der Waals surface area contributed by atoms with Gasteiger partial charge in [0.05, 0.1) is 25.0 Å². The van der Waals surface area contributed by atoms with Crippen LogP contribution < -0.4 is 5.32 Å². The zero-order valence-electron chi connectivity index (χ0n) is 20.0. The number of carbonyl (C=O) groups is 2. The summed E-state index contributed by atoms with van der Waals surface area (Å²) in [6, 6.07) is -1.08. The first-order valence-corrected chi connectivity index (χ1v) is 14.5. The molecule has 0 radical (unpaired) electrons. The third-order valence-electron chi connectivity index (χ3n) is 4.82. The molecule has 0 aromatic carbocycles. The van der Waals surface area contributed by atoms with Crippen LogP contribution in [0.2, 0.25) is 18.1 Å². The Bertz CT molecular complexity index is 797. The van der Waals surface area contributed by atoms with Crippen LogP contribution in [0.1, 0.15) is 48.5 Å². The van der Waals surface area contributed by atoms with Crippen LogP contribution in [-0.4, -0.2) is 59.3 Å². The van der Waals surface area contributed by atoms with Crippen molar-refractivity contribution in [1.29, 1.82) is 0 Å². The summed E-state index contributed by atoms with van der Waals surface area (Å²) in [7, 11) is -6.37. The number of alkyl carbamates (subject to hydrolysis) is 1. The lowest BCUT2D eigenvalue weighted by Gasteiger charge is -2.42. The fourth-order valence-corrected chi connectivity index (χ4v) is 4.00. The summed E-state index contributed by atoms with van der Waals surface area (Å²) in [5, 5.41) is 5.44. The summed E-state index contributed by atoms with van der Waals surface area (Å²) >= 11 is 0. The molecule has 0 fully saturated rings. The highest BCUT2D eigenvalue weighted by atomic mass is 32.2. The summed E-state index contributed by atoms with van der Waals surface area (Å²) in [6.45, 7) is 15.8. The van der Waals surface area contributed by atoms with Crippen LogP contribution in [0.25, 0.3) is 10.4 Å². The molecule has 11 nitrogen and oxygen atoms in total. The Morgan fingerprint density at radius 1 is 1.16 bits per heavy atom. The fraction of sp³-hybridized carbons (Fsp3) is 0.889. The minimum Gasteiger partial charge on any atom is -0.444 e. The topological polar surface area (TPSA) is 157 Å². The number of hydrogen-bond donors (Lipinski definition) is 1. The van der Waals surface area contributed by atoms with Gasteiger partial charge in [-0.15, -0.1) is 0 Å². The van der Waals surface area contributed by atoms with Crippen LogP contribution in [0.15, 0.2) is 5.11 Å². The molecule has 31 heavy (non-hydrogen) atoms. The average Bonchev–Trinajstić information content (AvgIpc) is 2.52. The number of hydrogen-bond acceptors (Lipinski definition) is 7. The van der Waals surface area contributed by atoms with E-state index in [9.17, 15) is 18.0 Å². The molecular weight excluding hydrogens is 444 g/mol. The zero-order valence-corrected chi connectivity index (χ0v) is 21.9. The van der Waals surface area contributed by atoms with Gasteiger partial charge in [0.25, 0.3) is 10.1 Å². The lowest BCUT2D eigenvalue weighted by atomic mass is 9.98. The van der Waals surface area contributed by atoms with Gasteiger partial charge >= 0.3 is 6.09 Å². The molecular formula is C18H36N4O7SSi. The van der Waals surface area contributed by atoms with E-state index in [-0.39, 0.29) is 5.04 Å². The minimum absolute atomic E-state index is 0.263. The van der Waals surface area contributed by atoms with Crippen molar-refractivity contribution in [3.05, 3.63) is 10.4 Å². The van der Waals surface area contributed by atoms with Crippen LogP contribution in [0.3, 0.4) is 0 Å². The van der Waals surface area contributed by atoms with E-state index in [1.54, 1.807) is 20.8 Å². The SMILES string of the molecule is C[C@@H](C(=O)N=[N+]=[N-])[C@@H](O[Si](C)(C)C(C)(C)C)[C@@H](COS(C)(=O)=O)NC(=O)OC(C)(C)C. The average molecular weight is 481 g/mol. The van der Waals surface area contributed by atoms with Crippen LogP contribution in [0, 0.1) is 5.92 Å². The lowest BCUT2D eigenvalue weighted by Crippen LogP contribution is -2.57. The van der Waals surface area contributed by atoms with E-state index in [1.807, 2.05) is 33.9 Å². The van der Waals surface area contributed by atoms with Crippen LogP contribution in [-0.2, 0) is 28.3 Å². The number of amides is 2. The third-order valence-corrected chi connectivity index (χ3v) is 9.86. The van der Waals surface area contributed by atoms with Gasteiger partial charge in [-0.25, -0.2) is 4.79 Å². The van der Waals surface area contributed by atoms with Gasteiger partial charge in [-0.1, -0.05) is 27.7 Å². The highest BCUT2D eigenvalue weighted by molar-refractivity contribution is 7.85. The van der Waals surface area contributed by atoms with Crippen molar-refractivity contribution in [2.75, 3.05) is 12.9 Å². The second-order valence-electron chi connectivity index (χ2n) is 9.90. The van der Waals surface area contributed by atoms with Gasteiger partial charge in [0.1, 0.15) is 5.60 Å². The number of rotatable bonds is 9. The summed E-state index contributed by atoms with van der Waals surface area (Å²) in [5.74, 6) is -1.80. The van der Waals surface area contributed by atoms with E-state index in [0.717, 1.165) is 6.26 Å². The van der Waals surface area contributed by atoms with Crippen molar-refractivity contribution in [3.63, 3.8) is 0 Å². The molecule has 1 N–H and O–H groups in total. The molecule has 0 bridgehead atoms. The quantitative estimate of drug-likeness (QED) is 0.173. The van der Waals surface area contributed by atoms with Gasteiger partial charge in [0.15, 0.2) is 8.32 Å². The standard InChI is InChI=1S/C18H36N4O7SSi/c1-12(15(23)21-22-19)14(29-31(9,10)18(5,6)7)13(11-27-30(8,25)26)20-16(24)28-17(2,3)4/h12-14H,11H2,1-10H3,(H,20,24)/t12-,13-,14-/m1/s1. The number of ether oxygens (including phenoxy) is 1. The zero-order chi connectivity index (χ0) is 24.8. The summed E-state index contributed by atoms with van der Waals surface area (Å²) < 4.78 is 39.7. The minimum atomic E-state index is -3.86.